The number of fused-ring (bicyclic) bond motifs is 5. The van der Waals surface area contributed by atoms with E-state index in [2.05, 4.69) is 55.1 Å². The minimum atomic E-state index is 1.17. The lowest BCUT2D eigenvalue weighted by Crippen LogP contribution is -2.02. The smallest absolute Gasteiger partial charge is 0.0102 e. The van der Waals surface area contributed by atoms with Gasteiger partial charge in [0.2, 0.25) is 0 Å². The van der Waals surface area contributed by atoms with Crippen LogP contribution in [-0.2, 0) is 12.8 Å². The van der Waals surface area contributed by atoms with Crippen LogP contribution >= 0.6 is 0 Å². The standard InChI is InChI=1S/C18H16.C8H8/c1-3-7-15-13(5-1)9-11-18-16-8-4-2-6-14(16)10-12-17(15)18;1-2-8-6-4-3-5-7-8/h1,3,5,7,9-12H,2,4,6,8H2;2-7H,1H2. The number of rotatable bonds is 1. The van der Waals surface area contributed by atoms with Crippen LogP contribution in [0, 0.1) is 0 Å². The topological polar surface area (TPSA) is 0 Å². The molecule has 0 bridgehead atoms. The van der Waals surface area contributed by atoms with Crippen LogP contribution in [0.4, 0.5) is 0 Å². The first kappa shape index (κ1) is 16.6. The summed E-state index contributed by atoms with van der Waals surface area (Å²) in [4.78, 5) is 0. The van der Waals surface area contributed by atoms with Gasteiger partial charge in [0.25, 0.3) is 0 Å². The van der Waals surface area contributed by atoms with E-state index in [1.807, 2.05) is 36.4 Å². The maximum atomic E-state index is 3.63. The highest BCUT2D eigenvalue weighted by Crippen LogP contribution is 2.33. The van der Waals surface area contributed by atoms with Crippen molar-refractivity contribution in [2.24, 2.45) is 0 Å². The van der Waals surface area contributed by atoms with Crippen LogP contribution in [0.5, 0.6) is 0 Å². The Kier molecular flexibility index (Phi) is 4.84. The quantitative estimate of drug-likeness (QED) is 0.322. The summed E-state index contributed by atoms with van der Waals surface area (Å²) in [5, 5.41) is 5.64. The molecule has 0 nitrogen and oxygen atoms in total. The van der Waals surface area contributed by atoms with Crippen molar-refractivity contribution in [3.8, 4) is 0 Å². The summed E-state index contributed by atoms with van der Waals surface area (Å²) >= 11 is 0. The van der Waals surface area contributed by atoms with Crippen molar-refractivity contribution in [3.05, 3.63) is 102 Å². The molecule has 0 spiro atoms. The highest BCUT2D eigenvalue weighted by Gasteiger charge is 2.13. The number of hydrogen-bond acceptors (Lipinski definition) is 0. The summed E-state index contributed by atoms with van der Waals surface area (Å²) in [6.07, 6.45) is 7.05. The van der Waals surface area contributed by atoms with Gasteiger partial charge in [0, 0.05) is 0 Å². The van der Waals surface area contributed by atoms with E-state index in [1.54, 1.807) is 11.1 Å². The summed E-state index contributed by atoms with van der Waals surface area (Å²) in [7, 11) is 0. The maximum absolute atomic E-state index is 3.63. The van der Waals surface area contributed by atoms with Gasteiger partial charge < -0.3 is 0 Å². The molecule has 0 unspecified atom stereocenters. The summed E-state index contributed by atoms with van der Waals surface area (Å²) in [5.74, 6) is 0. The van der Waals surface area contributed by atoms with E-state index in [0.29, 0.717) is 0 Å². The fraction of sp³-hybridized carbons (Fsp3) is 0.154. The van der Waals surface area contributed by atoms with Crippen molar-refractivity contribution in [2.75, 3.05) is 0 Å². The van der Waals surface area contributed by atoms with Crippen LogP contribution in [0.15, 0.2) is 85.4 Å². The average Bonchev–Trinajstić information content (AvgIpc) is 2.74. The van der Waals surface area contributed by atoms with Gasteiger partial charge >= 0.3 is 0 Å². The third-order valence-electron chi connectivity index (χ3n) is 5.29. The zero-order valence-electron chi connectivity index (χ0n) is 15.1. The van der Waals surface area contributed by atoms with E-state index < -0.39 is 0 Å². The van der Waals surface area contributed by atoms with Gasteiger partial charge in [-0.05, 0) is 63.9 Å². The fourth-order valence-electron chi connectivity index (χ4n) is 3.93. The Morgan fingerprint density at radius 3 is 2.15 bits per heavy atom. The largest absolute Gasteiger partial charge is 0.0985 e. The highest BCUT2D eigenvalue weighted by molar-refractivity contribution is 6.08. The Balaban J connectivity index is 0.000000178. The van der Waals surface area contributed by atoms with Gasteiger partial charge in [0.15, 0.2) is 0 Å². The Morgan fingerprint density at radius 2 is 1.35 bits per heavy atom. The van der Waals surface area contributed by atoms with Crippen molar-refractivity contribution < 1.29 is 0 Å². The summed E-state index contributed by atoms with van der Waals surface area (Å²) in [5.41, 5.74) is 4.35. The van der Waals surface area contributed by atoms with Crippen molar-refractivity contribution in [1.82, 2.24) is 0 Å². The van der Waals surface area contributed by atoms with E-state index in [-0.39, 0.29) is 0 Å². The van der Waals surface area contributed by atoms with Crippen molar-refractivity contribution >= 4 is 27.6 Å². The van der Waals surface area contributed by atoms with E-state index in [9.17, 15) is 0 Å². The van der Waals surface area contributed by atoms with E-state index in [0.717, 1.165) is 0 Å². The Hall–Kier alpha value is -2.86. The molecule has 0 amide bonds. The molecule has 0 aromatic heterocycles. The SMILES string of the molecule is C=Cc1ccccc1.c1ccc2c(c1)ccc1c3c(ccc12)CCCC3. The summed E-state index contributed by atoms with van der Waals surface area (Å²) in [6, 6.07) is 28.0. The van der Waals surface area contributed by atoms with Crippen LogP contribution in [0.2, 0.25) is 0 Å². The van der Waals surface area contributed by atoms with Crippen LogP contribution in [-0.4, -0.2) is 0 Å². The van der Waals surface area contributed by atoms with Gasteiger partial charge in [-0.3, -0.25) is 0 Å². The van der Waals surface area contributed by atoms with E-state index in [4.69, 9.17) is 0 Å². The van der Waals surface area contributed by atoms with Crippen molar-refractivity contribution in [2.45, 2.75) is 25.7 Å². The van der Waals surface area contributed by atoms with Crippen LogP contribution < -0.4 is 0 Å². The van der Waals surface area contributed by atoms with Gasteiger partial charge in [-0.15, -0.1) is 0 Å². The molecule has 0 fully saturated rings. The second-order valence-corrected chi connectivity index (χ2v) is 6.91. The number of hydrogen-bond donors (Lipinski definition) is 0. The average molecular weight is 336 g/mol. The number of benzene rings is 4. The molecule has 0 radical (unpaired) electrons. The minimum Gasteiger partial charge on any atom is -0.0985 e. The Morgan fingerprint density at radius 1 is 0.615 bits per heavy atom. The molecule has 0 atom stereocenters. The van der Waals surface area contributed by atoms with Gasteiger partial charge in [-0.1, -0.05) is 91.5 Å². The molecule has 0 saturated heterocycles. The molecule has 26 heavy (non-hydrogen) atoms. The highest BCUT2D eigenvalue weighted by atomic mass is 14.2. The lowest BCUT2D eigenvalue weighted by Gasteiger charge is -2.18. The first-order valence-electron chi connectivity index (χ1n) is 9.46. The number of aryl methyl sites for hydroxylation is 2. The lowest BCUT2D eigenvalue weighted by atomic mass is 9.86. The predicted molar refractivity (Wildman–Crippen MR) is 115 cm³/mol. The van der Waals surface area contributed by atoms with Crippen molar-refractivity contribution in [1.29, 1.82) is 0 Å². The summed E-state index contributed by atoms with van der Waals surface area (Å²) in [6.45, 7) is 3.63. The van der Waals surface area contributed by atoms with E-state index >= 15 is 0 Å². The zero-order chi connectivity index (χ0) is 17.8. The normalized spacial score (nSPS) is 12.9. The van der Waals surface area contributed by atoms with Gasteiger partial charge in [0.1, 0.15) is 0 Å². The Labute approximate surface area is 155 Å². The van der Waals surface area contributed by atoms with Gasteiger partial charge in [-0.2, -0.15) is 0 Å². The first-order valence-corrected chi connectivity index (χ1v) is 9.46. The second-order valence-electron chi connectivity index (χ2n) is 6.91. The molecule has 5 rings (SSSR count). The molecule has 4 aromatic carbocycles. The summed E-state index contributed by atoms with van der Waals surface area (Å²) < 4.78 is 0. The predicted octanol–water partition coefficient (Wildman–Crippen LogP) is 7.20. The molecule has 1 aliphatic carbocycles. The first-order chi connectivity index (χ1) is 12.9. The molecule has 128 valence electrons. The van der Waals surface area contributed by atoms with Crippen LogP contribution in [0.25, 0.3) is 27.6 Å². The van der Waals surface area contributed by atoms with E-state index in [1.165, 1.54) is 52.8 Å². The lowest BCUT2D eigenvalue weighted by molar-refractivity contribution is 0.690. The molecule has 0 saturated carbocycles. The maximum Gasteiger partial charge on any atom is -0.0102 e. The molecular formula is C26H24. The third kappa shape index (κ3) is 3.28. The molecule has 0 N–H and O–H groups in total. The van der Waals surface area contributed by atoms with Crippen molar-refractivity contribution in [3.63, 3.8) is 0 Å². The molecular weight excluding hydrogens is 312 g/mol. The van der Waals surface area contributed by atoms with Crippen LogP contribution in [0.1, 0.15) is 29.5 Å². The molecule has 1 aliphatic rings. The fourth-order valence-corrected chi connectivity index (χ4v) is 3.93. The zero-order valence-corrected chi connectivity index (χ0v) is 15.1. The molecule has 0 heteroatoms. The molecule has 4 aromatic rings. The van der Waals surface area contributed by atoms with Gasteiger partial charge in [-0.25, -0.2) is 0 Å². The molecule has 0 aliphatic heterocycles. The Bertz CT molecular complexity index is 1040. The van der Waals surface area contributed by atoms with Gasteiger partial charge in [0.05, 0.1) is 0 Å². The molecule has 0 heterocycles. The van der Waals surface area contributed by atoms with Crippen LogP contribution in [0.3, 0.4) is 0 Å². The second kappa shape index (κ2) is 7.58. The third-order valence-corrected chi connectivity index (χ3v) is 5.29. The minimum absolute atomic E-state index is 1.17. The monoisotopic (exact) mass is 336 g/mol.